The van der Waals surface area contributed by atoms with Crippen molar-refractivity contribution >= 4 is 11.7 Å². The highest BCUT2D eigenvalue weighted by atomic mass is 19.2. The summed E-state index contributed by atoms with van der Waals surface area (Å²) in [6, 6.07) is 9.32. The lowest BCUT2D eigenvalue weighted by Crippen LogP contribution is -2.50. The number of hydrogen-bond acceptors (Lipinski definition) is 5. The van der Waals surface area contributed by atoms with Gasteiger partial charge in [-0.1, -0.05) is 47.6 Å². The molecule has 1 saturated heterocycles. The number of hydrogen-bond donors (Lipinski definition) is 0. The van der Waals surface area contributed by atoms with Gasteiger partial charge in [-0.05, 0) is 42.7 Å². The molecule has 1 aromatic heterocycles. The number of nitriles is 1. The standard InChI is InChI=1S/C21H20F2N4O2.3C2H6/c22-17-3-2-16(11-18(17)23)21(5-6-21)29-14-20(28)27-9-7-26(8-10-27)19-4-1-15(12-24)13-25-19;3*1-2/h1-4,11,13H,5-10,14H2;3*1-2H3. The number of amides is 1. The average molecular weight is 489 g/mol. The molecule has 0 N–H and O–H groups in total. The molecule has 0 spiro atoms. The molecule has 0 bridgehead atoms. The number of benzene rings is 1. The maximum atomic E-state index is 13.5. The summed E-state index contributed by atoms with van der Waals surface area (Å²) >= 11 is 0. The molecular formula is C27H38F2N4O2. The van der Waals surface area contributed by atoms with Crippen LogP contribution in [0.15, 0.2) is 36.5 Å². The minimum absolute atomic E-state index is 0.0892. The van der Waals surface area contributed by atoms with Crippen molar-refractivity contribution in [2.75, 3.05) is 37.7 Å². The fraction of sp³-hybridized carbons (Fsp3) is 0.519. The van der Waals surface area contributed by atoms with Crippen LogP contribution in [0.5, 0.6) is 0 Å². The zero-order valence-corrected chi connectivity index (χ0v) is 21.8. The van der Waals surface area contributed by atoms with Gasteiger partial charge >= 0.3 is 0 Å². The highest BCUT2D eigenvalue weighted by Crippen LogP contribution is 2.49. The highest BCUT2D eigenvalue weighted by molar-refractivity contribution is 5.78. The van der Waals surface area contributed by atoms with E-state index in [1.54, 1.807) is 17.0 Å². The van der Waals surface area contributed by atoms with E-state index in [1.807, 2.05) is 47.6 Å². The summed E-state index contributed by atoms with van der Waals surface area (Å²) < 4.78 is 32.5. The van der Waals surface area contributed by atoms with Gasteiger partial charge in [0.1, 0.15) is 18.5 Å². The Hall–Kier alpha value is -3.05. The number of pyridine rings is 1. The summed E-state index contributed by atoms with van der Waals surface area (Å²) in [5, 5.41) is 8.85. The Morgan fingerprint density at radius 3 is 2.11 bits per heavy atom. The van der Waals surface area contributed by atoms with Crippen LogP contribution in [0.4, 0.5) is 14.6 Å². The van der Waals surface area contributed by atoms with Crippen LogP contribution in [-0.4, -0.2) is 48.6 Å². The van der Waals surface area contributed by atoms with Crippen molar-refractivity contribution in [2.24, 2.45) is 0 Å². The van der Waals surface area contributed by atoms with E-state index in [9.17, 15) is 13.6 Å². The van der Waals surface area contributed by atoms with Gasteiger partial charge in [-0.3, -0.25) is 4.79 Å². The second-order valence-electron chi connectivity index (χ2n) is 7.30. The van der Waals surface area contributed by atoms with Gasteiger partial charge in [-0.15, -0.1) is 0 Å². The lowest BCUT2D eigenvalue weighted by molar-refractivity contribution is -0.139. The number of halogens is 2. The van der Waals surface area contributed by atoms with E-state index in [2.05, 4.69) is 9.88 Å². The van der Waals surface area contributed by atoms with Gasteiger partial charge in [0.25, 0.3) is 0 Å². The molecule has 1 aromatic carbocycles. The summed E-state index contributed by atoms with van der Waals surface area (Å²) in [5.41, 5.74) is 0.397. The molecule has 2 aromatic rings. The lowest BCUT2D eigenvalue weighted by Gasteiger charge is -2.35. The molecule has 0 radical (unpaired) electrons. The summed E-state index contributed by atoms with van der Waals surface area (Å²) in [6.07, 6.45) is 2.90. The first kappa shape index (κ1) is 30.0. The van der Waals surface area contributed by atoms with Crippen LogP contribution in [0, 0.1) is 23.0 Å². The Balaban J connectivity index is 0.000000949. The number of nitrogens with zero attached hydrogens (tertiary/aromatic N) is 4. The average Bonchev–Trinajstić information content (AvgIpc) is 3.73. The van der Waals surface area contributed by atoms with E-state index in [1.165, 1.54) is 12.3 Å². The minimum atomic E-state index is -0.906. The zero-order chi connectivity index (χ0) is 26.4. The lowest BCUT2D eigenvalue weighted by atomic mass is 10.1. The first-order valence-electron chi connectivity index (χ1n) is 12.5. The molecule has 6 nitrogen and oxygen atoms in total. The Morgan fingerprint density at radius 2 is 1.63 bits per heavy atom. The maximum Gasteiger partial charge on any atom is 0.248 e. The van der Waals surface area contributed by atoms with E-state index in [0.717, 1.165) is 18.0 Å². The van der Waals surface area contributed by atoms with Crippen molar-refractivity contribution in [1.82, 2.24) is 9.88 Å². The van der Waals surface area contributed by atoms with Gasteiger partial charge in [-0.2, -0.15) is 5.26 Å². The molecular weight excluding hydrogens is 450 g/mol. The summed E-state index contributed by atoms with van der Waals surface area (Å²) in [4.78, 5) is 20.6. The van der Waals surface area contributed by atoms with Crippen molar-refractivity contribution in [2.45, 2.75) is 60.0 Å². The third-order valence-electron chi connectivity index (χ3n) is 5.46. The molecule has 4 rings (SSSR count). The summed E-state index contributed by atoms with van der Waals surface area (Å²) in [6.45, 7) is 14.3. The molecule has 2 aliphatic rings. The third-order valence-corrected chi connectivity index (χ3v) is 5.46. The molecule has 1 aliphatic carbocycles. The van der Waals surface area contributed by atoms with E-state index in [4.69, 9.17) is 10.00 Å². The molecule has 192 valence electrons. The smallest absolute Gasteiger partial charge is 0.248 e. The molecule has 8 heteroatoms. The molecule has 1 saturated carbocycles. The van der Waals surface area contributed by atoms with Crippen LogP contribution >= 0.6 is 0 Å². The first-order valence-corrected chi connectivity index (χ1v) is 12.5. The van der Waals surface area contributed by atoms with Crippen molar-refractivity contribution in [3.63, 3.8) is 0 Å². The van der Waals surface area contributed by atoms with Crippen LogP contribution < -0.4 is 4.90 Å². The van der Waals surface area contributed by atoms with Gasteiger partial charge < -0.3 is 14.5 Å². The van der Waals surface area contributed by atoms with Crippen LogP contribution in [0.2, 0.25) is 0 Å². The van der Waals surface area contributed by atoms with E-state index < -0.39 is 17.2 Å². The van der Waals surface area contributed by atoms with Crippen LogP contribution in [-0.2, 0) is 15.1 Å². The largest absolute Gasteiger partial charge is 0.360 e. The van der Waals surface area contributed by atoms with Crippen molar-refractivity contribution < 1.29 is 18.3 Å². The quantitative estimate of drug-likeness (QED) is 0.543. The molecule has 35 heavy (non-hydrogen) atoms. The minimum Gasteiger partial charge on any atom is -0.360 e. The normalized spacial score (nSPS) is 15.2. The SMILES string of the molecule is CC.CC.CC.N#Cc1ccc(N2CCN(C(=O)COC3(c4ccc(F)c(F)c4)CC3)CC2)nc1. The molecule has 2 heterocycles. The number of carbonyl (C=O) groups excluding carboxylic acids is 1. The van der Waals surface area contributed by atoms with E-state index in [0.29, 0.717) is 50.1 Å². The van der Waals surface area contributed by atoms with E-state index >= 15 is 0 Å². The summed E-state index contributed by atoms with van der Waals surface area (Å²) in [7, 11) is 0. The molecule has 2 fully saturated rings. The molecule has 0 unspecified atom stereocenters. The van der Waals surface area contributed by atoms with Crippen LogP contribution in [0.25, 0.3) is 0 Å². The molecule has 1 amide bonds. The Kier molecular flexibility index (Phi) is 12.9. The maximum absolute atomic E-state index is 13.5. The van der Waals surface area contributed by atoms with Crippen molar-refractivity contribution in [3.05, 3.63) is 59.3 Å². The Labute approximate surface area is 208 Å². The Bertz CT molecular complexity index is 949. The van der Waals surface area contributed by atoms with E-state index in [-0.39, 0.29) is 12.5 Å². The first-order chi connectivity index (χ1) is 17.0. The second-order valence-corrected chi connectivity index (χ2v) is 7.30. The van der Waals surface area contributed by atoms with Gasteiger partial charge in [0.15, 0.2) is 11.6 Å². The second kappa shape index (κ2) is 15.0. The predicted molar refractivity (Wildman–Crippen MR) is 135 cm³/mol. The number of ether oxygens (including phenoxy) is 1. The number of carbonyl (C=O) groups is 1. The topological polar surface area (TPSA) is 69.5 Å². The number of anilines is 1. The number of aromatic nitrogens is 1. The van der Waals surface area contributed by atoms with Gasteiger partial charge in [0.05, 0.1) is 11.2 Å². The van der Waals surface area contributed by atoms with Gasteiger partial charge in [0, 0.05) is 32.4 Å². The fourth-order valence-corrected chi connectivity index (χ4v) is 3.52. The van der Waals surface area contributed by atoms with Crippen LogP contribution in [0.1, 0.15) is 65.5 Å². The van der Waals surface area contributed by atoms with Crippen molar-refractivity contribution in [3.8, 4) is 6.07 Å². The van der Waals surface area contributed by atoms with Crippen molar-refractivity contribution in [1.29, 1.82) is 5.26 Å². The number of rotatable bonds is 5. The monoisotopic (exact) mass is 488 g/mol. The van der Waals surface area contributed by atoms with Crippen LogP contribution in [0.3, 0.4) is 0 Å². The zero-order valence-electron chi connectivity index (χ0n) is 21.8. The molecule has 1 aliphatic heterocycles. The fourth-order valence-electron chi connectivity index (χ4n) is 3.52. The van der Waals surface area contributed by atoms with Gasteiger partial charge in [0.2, 0.25) is 5.91 Å². The predicted octanol–water partition coefficient (Wildman–Crippen LogP) is 5.66. The van der Waals surface area contributed by atoms with Gasteiger partial charge in [-0.25, -0.2) is 13.8 Å². The summed E-state index contributed by atoms with van der Waals surface area (Å²) in [5.74, 6) is -1.14. The number of piperazine rings is 1. The Morgan fingerprint density at radius 1 is 1.00 bits per heavy atom. The third kappa shape index (κ3) is 8.00. The highest BCUT2D eigenvalue weighted by Gasteiger charge is 2.46. The molecule has 0 atom stereocenters.